The normalized spacial score (nSPS) is 25.4. The summed E-state index contributed by atoms with van der Waals surface area (Å²) in [5, 5.41) is 10.7. The van der Waals surface area contributed by atoms with Gasteiger partial charge in [-0.2, -0.15) is 0 Å². The van der Waals surface area contributed by atoms with Crippen molar-refractivity contribution in [1.82, 2.24) is 20.0 Å². The van der Waals surface area contributed by atoms with E-state index in [0.717, 1.165) is 17.6 Å². The molecule has 0 radical (unpaired) electrons. The molecule has 2 saturated heterocycles. The lowest BCUT2D eigenvalue weighted by atomic mass is 9.99. The third-order valence-electron chi connectivity index (χ3n) is 4.63. The van der Waals surface area contributed by atoms with Crippen molar-refractivity contribution in [1.29, 1.82) is 0 Å². The SMILES string of the molecule is Cc1nnc(CN2CCCCC2CCN2CCCC2)s1. The van der Waals surface area contributed by atoms with Crippen molar-refractivity contribution in [2.75, 3.05) is 26.2 Å². The molecule has 1 aromatic heterocycles. The van der Waals surface area contributed by atoms with E-state index in [2.05, 4.69) is 20.0 Å². The number of piperidine rings is 1. The Morgan fingerprint density at radius 3 is 2.65 bits per heavy atom. The third kappa shape index (κ3) is 3.77. The zero-order chi connectivity index (χ0) is 13.8. The second-order valence-corrected chi connectivity index (χ2v) is 7.44. The van der Waals surface area contributed by atoms with E-state index in [1.807, 2.05) is 6.92 Å². The van der Waals surface area contributed by atoms with E-state index >= 15 is 0 Å². The van der Waals surface area contributed by atoms with Gasteiger partial charge >= 0.3 is 0 Å². The Morgan fingerprint density at radius 2 is 1.90 bits per heavy atom. The van der Waals surface area contributed by atoms with Gasteiger partial charge in [0.15, 0.2) is 0 Å². The van der Waals surface area contributed by atoms with Gasteiger partial charge < -0.3 is 4.90 Å². The molecule has 1 unspecified atom stereocenters. The first-order valence-electron chi connectivity index (χ1n) is 8.06. The molecule has 20 heavy (non-hydrogen) atoms. The van der Waals surface area contributed by atoms with Gasteiger partial charge in [-0.15, -0.1) is 21.5 Å². The first-order valence-corrected chi connectivity index (χ1v) is 8.88. The molecule has 4 nitrogen and oxygen atoms in total. The van der Waals surface area contributed by atoms with E-state index in [9.17, 15) is 0 Å². The maximum Gasteiger partial charge on any atom is 0.131 e. The average Bonchev–Trinajstić information content (AvgIpc) is 3.10. The van der Waals surface area contributed by atoms with Crippen molar-refractivity contribution in [3.05, 3.63) is 10.0 Å². The number of nitrogens with zero attached hydrogens (tertiary/aromatic N) is 4. The second kappa shape index (κ2) is 6.96. The molecule has 2 fully saturated rings. The molecule has 5 heteroatoms. The minimum Gasteiger partial charge on any atom is -0.303 e. The summed E-state index contributed by atoms with van der Waals surface area (Å²) in [6, 6.07) is 0.758. The maximum atomic E-state index is 4.30. The van der Waals surface area contributed by atoms with Crippen molar-refractivity contribution in [2.45, 2.75) is 58.0 Å². The van der Waals surface area contributed by atoms with Gasteiger partial charge in [0.25, 0.3) is 0 Å². The van der Waals surface area contributed by atoms with Crippen LogP contribution in [0, 0.1) is 6.92 Å². The van der Waals surface area contributed by atoms with Gasteiger partial charge in [0.05, 0.1) is 6.54 Å². The Hall–Kier alpha value is -0.520. The van der Waals surface area contributed by atoms with Gasteiger partial charge in [0.2, 0.25) is 0 Å². The summed E-state index contributed by atoms with van der Waals surface area (Å²) < 4.78 is 0. The van der Waals surface area contributed by atoms with Crippen molar-refractivity contribution >= 4 is 11.3 Å². The van der Waals surface area contributed by atoms with Crippen LogP contribution < -0.4 is 0 Å². The molecule has 0 N–H and O–H groups in total. The second-order valence-electron chi connectivity index (χ2n) is 6.17. The fraction of sp³-hybridized carbons (Fsp3) is 0.867. The van der Waals surface area contributed by atoms with Crippen LogP contribution in [0.3, 0.4) is 0 Å². The summed E-state index contributed by atoms with van der Waals surface area (Å²) >= 11 is 1.75. The summed E-state index contributed by atoms with van der Waals surface area (Å²) in [6.45, 7) is 8.22. The number of rotatable bonds is 5. The van der Waals surface area contributed by atoms with Crippen LogP contribution in [-0.2, 0) is 6.54 Å². The Labute approximate surface area is 126 Å². The van der Waals surface area contributed by atoms with Crippen LogP contribution in [0.15, 0.2) is 0 Å². The molecule has 2 aliphatic rings. The van der Waals surface area contributed by atoms with Gasteiger partial charge in [0.1, 0.15) is 10.0 Å². The average molecular weight is 294 g/mol. The first-order chi connectivity index (χ1) is 9.81. The number of likely N-dealkylation sites (tertiary alicyclic amines) is 2. The lowest BCUT2D eigenvalue weighted by Gasteiger charge is -2.36. The Balaban J connectivity index is 1.52. The third-order valence-corrected chi connectivity index (χ3v) is 5.46. The van der Waals surface area contributed by atoms with E-state index < -0.39 is 0 Å². The molecule has 3 rings (SSSR count). The molecule has 2 aliphatic heterocycles. The highest BCUT2D eigenvalue weighted by molar-refractivity contribution is 7.11. The van der Waals surface area contributed by atoms with Crippen LogP contribution in [-0.4, -0.2) is 52.2 Å². The minimum absolute atomic E-state index is 0.758. The van der Waals surface area contributed by atoms with E-state index in [4.69, 9.17) is 0 Å². The summed E-state index contributed by atoms with van der Waals surface area (Å²) in [7, 11) is 0. The van der Waals surface area contributed by atoms with Crippen molar-refractivity contribution < 1.29 is 0 Å². The predicted molar refractivity (Wildman–Crippen MR) is 83.0 cm³/mol. The fourth-order valence-corrected chi connectivity index (χ4v) is 4.24. The Bertz CT molecular complexity index is 414. The maximum absolute atomic E-state index is 4.30. The summed E-state index contributed by atoms with van der Waals surface area (Å²) in [5.41, 5.74) is 0. The van der Waals surface area contributed by atoms with Crippen LogP contribution in [0.25, 0.3) is 0 Å². The van der Waals surface area contributed by atoms with Crippen molar-refractivity contribution in [2.24, 2.45) is 0 Å². The molecular formula is C15H26N4S. The largest absolute Gasteiger partial charge is 0.303 e. The van der Waals surface area contributed by atoms with Crippen LogP contribution in [0.2, 0.25) is 0 Å². The minimum atomic E-state index is 0.758. The highest BCUT2D eigenvalue weighted by atomic mass is 32.1. The molecular weight excluding hydrogens is 268 g/mol. The van der Waals surface area contributed by atoms with Crippen LogP contribution in [0.1, 0.15) is 48.5 Å². The van der Waals surface area contributed by atoms with E-state index in [0.29, 0.717) is 0 Å². The zero-order valence-corrected chi connectivity index (χ0v) is 13.4. The Kier molecular flexibility index (Phi) is 5.02. The summed E-state index contributed by atoms with van der Waals surface area (Å²) in [6.07, 6.45) is 8.24. The summed E-state index contributed by atoms with van der Waals surface area (Å²) in [4.78, 5) is 5.29. The molecule has 1 aromatic rings. The van der Waals surface area contributed by atoms with Gasteiger partial charge in [-0.05, 0) is 65.2 Å². The summed E-state index contributed by atoms with van der Waals surface area (Å²) in [5.74, 6) is 0. The van der Waals surface area contributed by atoms with Gasteiger partial charge in [0, 0.05) is 6.04 Å². The molecule has 112 valence electrons. The van der Waals surface area contributed by atoms with Crippen LogP contribution in [0.4, 0.5) is 0 Å². The van der Waals surface area contributed by atoms with Crippen molar-refractivity contribution in [3.8, 4) is 0 Å². The fourth-order valence-electron chi connectivity index (χ4n) is 3.51. The number of hydrogen-bond acceptors (Lipinski definition) is 5. The van der Waals surface area contributed by atoms with E-state index in [1.54, 1.807) is 11.3 Å². The Morgan fingerprint density at radius 1 is 1.10 bits per heavy atom. The zero-order valence-electron chi connectivity index (χ0n) is 12.6. The number of hydrogen-bond donors (Lipinski definition) is 0. The number of aryl methyl sites for hydroxylation is 1. The standard InChI is InChI=1S/C15H26N4S/c1-13-16-17-15(20-13)12-19-10-3-2-6-14(19)7-11-18-8-4-5-9-18/h14H,2-12H2,1H3. The highest BCUT2D eigenvalue weighted by Crippen LogP contribution is 2.23. The monoisotopic (exact) mass is 294 g/mol. The van der Waals surface area contributed by atoms with Gasteiger partial charge in [-0.1, -0.05) is 6.42 Å². The molecule has 3 heterocycles. The van der Waals surface area contributed by atoms with Crippen LogP contribution >= 0.6 is 11.3 Å². The molecule has 0 saturated carbocycles. The molecule has 0 amide bonds. The molecule has 0 spiro atoms. The molecule has 0 aliphatic carbocycles. The predicted octanol–water partition coefficient (Wildman–Crippen LogP) is 2.69. The first kappa shape index (κ1) is 14.4. The quantitative estimate of drug-likeness (QED) is 0.836. The van der Waals surface area contributed by atoms with Gasteiger partial charge in [-0.25, -0.2) is 0 Å². The van der Waals surface area contributed by atoms with E-state index in [-0.39, 0.29) is 0 Å². The molecule has 1 atom stereocenters. The highest BCUT2D eigenvalue weighted by Gasteiger charge is 2.24. The number of aromatic nitrogens is 2. The van der Waals surface area contributed by atoms with E-state index in [1.165, 1.54) is 69.7 Å². The topological polar surface area (TPSA) is 32.3 Å². The van der Waals surface area contributed by atoms with Crippen LogP contribution in [0.5, 0.6) is 0 Å². The van der Waals surface area contributed by atoms with Crippen molar-refractivity contribution in [3.63, 3.8) is 0 Å². The molecule has 0 aromatic carbocycles. The lowest BCUT2D eigenvalue weighted by molar-refractivity contribution is 0.121. The molecule has 0 bridgehead atoms. The smallest absolute Gasteiger partial charge is 0.131 e. The lowest BCUT2D eigenvalue weighted by Crippen LogP contribution is -2.40. The van der Waals surface area contributed by atoms with Gasteiger partial charge in [-0.3, -0.25) is 4.90 Å².